The molecule has 1 unspecified atom stereocenters. The van der Waals surface area contributed by atoms with Gasteiger partial charge in [0.2, 0.25) is 5.95 Å². The first kappa shape index (κ1) is 26.1. The maximum atomic E-state index is 15.5. The van der Waals surface area contributed by atoms with Gasteiger partial charge >= 0.3 is 6.09 Å². The van der Waals surface area contributed by atoms with E-state index in [2.05, 4.69) is 35.2 Å². The van der Waals surface area contributed by atoms with E-state index >= 15 is 4.39 Å². The van der Waals surface area contributed by atoms with Gasteiger partial charge < -0.3 is 20.1 Å². The van der Waals surface area contributed by atoms with Crippen LogP contribution in [0.2, 0.25) is 0 Å². The molecule has 2 aromatic heterocycles. The maximum Gasteiger partial charge on any atom is 0.407 e. The number of carbonyl (C=O) groups is 1. The molecular weight excluding hydrogens is 473 g/mol. The van der Waals surface area contributed by atoms with E-state index in [0.717, 1.165) is 5.56 Å². The SMILES string of the molecule is COC(=O)N[C@@H](C)CNc1nccc(-c2cn(C(C)C)nc2-c2cc(C)cc(NS(C)=O)c2F)n1. The normalized spacial score (nSPS) is 12.8. The zero-order valence-electron chi connectivity index (χ0n) is 20.5. The first-order valence-electron chi connectivity index (χ1n) is 11.0. The summed E-state index contributed by atoms with van der Waals surface area (Å²) in [5.74, 6) is -0.200. The fourth-order valence-electron chi connectivity index (χ4n) is 3.36. The molecule has 0 aliphatic rings. The van der Waals surface area contributed by atoms with Crippen LogP contribution < -0.4 is 15.4 Å². The largest absolute Gasteiger partial charge is 0.453 e. The molecule has 12 heteroatoms. The number of ether oxygens (including phenoxy) is 1. The molecule has 2 heterocycles. The molecule has 1 amide bonds. The molecule has 0 fully saturated rings. The van der Waals surface area contributed by atoms with Gasteiger partial charge in [-0.3, -0.25) is 4.68 Å². The van der Waals surface area contributed by atoms with E-state index in [0.29, 0.717) is 29.4 Å². The monoisotopic (exact) mass is 503 g/mol. The van der Waals surface area contributed by atoms with Crippen molar-refractivity contribution >= 4 is 28.7 Å². The van der Waals surface area contributed by atoms with Gasteiger partial charge in [0.05, 0.1) is 18.5 Å². The molecular formula is C23H30FN7O3S. The maximum absolute atomic E-state index is 15.5. The van der Waals surface area contributed by atoms with Gasteiger partial charge in [-0.1, -0.05) is 0 Å². The van der Waals surface area contributed by atoms with Crippen molar-refractivity contribution < 1.29 is 18.1 Å². The van der Waals surface area contributed by atoms with Crippen LogP contribution in [0.5, 0.6) is 0 Å². The highest BCUT2D eigenvalue weighted by atomic mass is 32.2. The van der Waals surface area contributed by atoms with Crippen LogP contribution in [0.25, 0.3) is 22.5 Å². The molecule has 0 saturated carbocycles. The van der Waals surface area contributed by atoms with E-state index in [-0.39, 0.29) is 23.3 Å². The molecule has 0 bridgehead atoms. The molecule has 1 aromatic carbocycles. The van der Waals surface area contributed by atoms with E-state index in [1.165, 1.54) is 13.4 Å². The number of benzene rings is 1. The van der Waals surface area contributed by atoms with Crippen LogP contribution in [0.4, 0.5) is 20.8 Å². The van der Waals surface area contributed by atoms with Crippen LogP contribution in [0.1, 0.15) is 32.4 Å². The van der Waals surface area contributed by atoms with Gasteiger partial charge in [0.1, 0.15) is 16.7 Å². The topological polar surface area (TPSA) is 123 Å². The first-order valence-corrected chi connectivity index (χ1v) is 12.6. The van der Waals surface area contributed by atoms with Gasteiger partial charge in [-0.05, 0) is 51.5 Å². The molecule has 35 heavy (non-hydrogen) atoms. The number of alkyl carbamates (subject to hydrolysis) is 1. The second-order valence-corrected chi connectivity index (χ2v) is 9.49. The predicted molar refractivity (Wildman–Crippen MR) is 135 cm³/mol. The molecule has 10 nitrogen and oxygen atoms in total. The Hall–Kier alpha value is -3.54. The Labute approximate surface area is 206 Å². The van der Waals surface area contributed by atoms with E-state index < -0.39 is 22.9 Å². The van der Waals surface area contributed by atoms with E-state index in [1.54, 1.807) is 29.1 Å². The average Bonchev–Trinajstić information content (AvgIpc) is 3.25. The number of halogens is 1. The number of anilines is 2. The van der Waals surface area contributed by atoms with Crippen molar-refractivity contribution in [3.8, 4) is 22.5 Å². The second-order valence-electron chi connectivity index (χ2n) is 8.38. The highest BCUT2D eigenvalue weighted by molar-refractivity contribution is 7.85. The summed E-state index contributed by atoms with van der Waals surface area (Å²) in [6.45, 7) is 7.97. The number of aryl methyl sites for hydroxylation is 1. The summed E-state index contributed by atoms with van der Waals surface area (Å²) in [4.78, 5) is 20.2. The molecule has 3 rings (SSSR count). The standard InChI is InChI=1S/C23H30FN7O3S/c1-13(2)31-12-17(18-7-8-25-22(28-18)26-11-15(4)27-23(32)34-5)21(29-31)16-9-14(3)10-19(20(16)24)30-35(6)33/h7-10,12-13,15,30H,11H2,1-6H3,(H,27,32)(H,25,26,28)/t15-,35?/m0/s1. The number of hydrogen-bond donors (Lipinski definition) is 3. The molecule has 3 aromatic rings. The fourth-order valence-corrected chi connectivity index (χ4v) is 3.82. The molecule has 0 spiro atoms. The van der Waals surface area contributed by atoms with Crippen molar-refractivity contribution in [1.29, 1.82) is 0 Å². The fraction of sp³-hybridized carbons (Fsp3) is 0.391. The van der Waals surface area contributed by atoms with Crippen molar-refractivity contribution in [1.82, 2.24) is 25.1 Å². The number of rotatable bonds is 9. The molecule has 0 radical (unpaired) electrons. The minimum atomic E-state index is -1.44. The zero-order chi connectivity index (χ0) is 25.7. The lowest BCUT2D eigenvalue weighted by atomic mass is 10.0. The molecule has 0 aliphatic carbocycles. The summed E-state index contributed by atoms with van der Waals surface area (Å²) >= 11 is 0. The third kappa shape index (κ3) is 6.53. The minimum absolute atomic E-state index is 0.0285. The third-order valence-electron chi connectivity index (χ3n) is 5.03. The summed E-state index contributed by atoms with van der Waals surface area (Å²) in [6, 6.07) is 4.83. The van der Waals surface area contributed by atoms with Crippen LogP contribution >= 0.6 is 0 Å². The summed E-state index contributed by atoms with van der Waals surface area (Å²) in [5, 5.41) is 10.4. The third-order valence-corrected chi connectivity index (χ3v) is 5.54. The Morgan fingerprint density at radius 1 is 1.26 bits per heavy atom. The summed E-state index contributed by atoms with van der Waals surface area (Å²) in [5.41, 5.74) is 2.79. The number of aromatic nitrogens is 4. The molecule has 2 atom stereocenters. The van der Waals surface area contributed by atoms with Crippen LogP contribution in [-0.2, 0) is 15.7 Å². The van der Waals surface area contributed by atoms with Crippen LogP contribution in [0.15, 0.2) is 30.6 Å². The molecule has 0 aliphatic heterocycles. The minimum Gasteiger partial charge on any atom is -0.453 e. The lowest BCUT2D eigenvalue weighted by Gasteiger charge is -2.14. The van der Waals surface area contributed by atoms with Gasteiger partial charge in [-0.15, -0.1) is 0 Å². The van der Waals surface area contributed by atoms with Gasteiger partial charge in [-0.2, -0.15) is 5.10 Å². The van der Waals surface area contributed by atoms with E-state index in [4.69, 9.17) is 0 Å². The predicted octanol–water partition coefficient (Wildman–Crippen LogP) is 3.90. The quantitative estimate of drug-likeness (QED) is 0.405. The number of nitrogens with zero attached hydrogens (tertiary/aromatic N) is 4. The Morgan fingerprint density at radius 2 is 2.00 bits per heavy atom. The number of carbonyl (C=O) groups excluding carboxylic acids is 1. The number of hydrogen-bond acceptors (Lipinski definition) is 7. The van der Waals surface area contributed by atoms with Gasteiger partial charge in [0.25, 0.3) is 0 Å². The molecule has 188 valence electrons. The van der Waals surface area contributed by atoms with Crippen molar-refractivity contribution in [2.75, 3.05) is 29.9 Å². The highest BCUT2D eigenvalue weighted by Gasteiger charge is 2.21. The van der Waals surface area contributed by atoms with Crippen molar-refractivity contribution in [2.24, 2.45) is 0 Å². The number of nitrogens with one attached hydrogen (secondary N) is 3. The van der Waals surface area contributed by atoms with E-state index in [9.17, 15) is 9.00 Å². The van der Waals surface area contributed by atoms with Gasteiger partial charge in [-0.25, -0.2) is 23.4 Å². The average molecular weight is 504 g/mol. The highest BCUT2D eigenvalue weighted by Crippen LogP contribution is 2.36. The Kier molecular flexibility index (Phi) is 8.39. The lowest BCUT2D eigenvalue weighted by molar-refractivity contribution is 0.168. The zero-order valence-corrected chi connectivity index (χ0v) is 21.4. The number of methoxy groups -OCH3 is 1. The summed E-state index contributed by atoms with van der Waals surface area (Å²) in [7, 11) is -0.136. The molecule has 3 N–H and O–H groups in total. The second kappa shape index (κ2) is 11.3. The Bertz CT molecular complexity index is 1230. The van der Waals surface area contributed by atoms with Gasteiger partial charge in [0, 0.05) is 48.4 Å². The smallest absolute Gasteiger partial charge is 0.407 e. The van der Waals surface area contributed by atoms with Crippen molar-refractivity contribution in [2.45, 2.75) is 39.8 Å². The van der Waals surface area contributed by atoms with Gasteiger partial charge in [0.15, 0.2) is 5.82 Å². The van der Waals surface area contributed by atoms with E-state index in [1.807, 2.05) is 33.9 Å². The first-order chi connectivity index (χ1) is 16.6. The lowest BCUT2D eigenvalue weighted by Crippen LogP contribution is -2.37. The number of amides is 1. The molecule has 0 saturated heterocycles. The van der Waals surface area contributed by atoms with Crippen molar-refractivity contribution in [3.05, 3.63) is 42.0 Å². The Balaban J connectivity index is 2.01. The van der Waals surface area contributed by atoms with Crippen LogP contribution in [-0.4, -0.2) is 56.0 Å². The van der Waals surface area contributed by atoms with Crippen LogP contribution in [0, 0.1) is 12.7 Å². The summed E-state index contributed by atoms with van der Waals surface area (Å²) < 4.78 is 36.2. The van der Waals surface area contributed by atoms with Crippen LogP contribution in [0.3, 0.4) is 0 Å². The summed E-state index contributed by atoms with van der Waals surface area (Å²) in [6.07, 6.45) is 4.33. The van der Waals surface area contributed by atoms with Crippen molar-refractivity contribution in [3.63, 3.8) is 0 Å². The Morgan fingerprint density at radius 3 is 2.66 bits per heavy atom.